The molecule has 0 aliphatic rings. The lowest BCUT2D eigenvalue weighted by atomic mass is 10.1. The Morgan fingerprint density at radius 1 is 1.20 bits per heavy atom. The Morgan fingerprint density at radius 2 is 2.05 bits per heavy atom. The summed E-state index contributed by atoms with van der Waals surface area (Å²) in [6.07, 6.45) is 1.07. The highest BCUT2D eigenvalue weighted by molar-refractivity contribution is 5.81. The van der Waals surface area contributed by atoms with Crippen LogP contribution in [-0.4, -0.2) is 9.97 Å². The Hall–Kier alpha value is -2.76. The first kappa shape index (κ1) is 12.3. The first-order valence-corrected chi connectivity index (χ1v) is 5.82. The molecule has 0 saturated heterocycles. The van der Waals surface area contributed by atoms with Gasteiger partial charge < -0.3 is 9.15 Å². The van der Waals surface area contributed by atoms with Crippen molar-refractivity contribution >= 4 is 11.0 Å². The van der Waals surface area contributed by atoms with Crippen molar-refractivity contribution in [2.24, 2.45) is 0 Å². The van der Waals surface area contributed by atoms with E-state index in [1.54, 1.807) is 18.2 Å². The Labute approximate surface area is 112 Å². The van der Waals surface area contributed by atoms with E-state index in [1.807, 2.05) is 6.92 Å². The number of aryl methyl sites for hydroxylation is 1. The van der Waals surface area contributed by atoms with Crippen molar-refractivity contribution in [1.82, 2.24) is 9.97 Å². The van der Waals surface area contributed by atoms with Crippen LogP contribution in [0.15, 0.2) is 45.9 Å². The summed E-state index contributed by atoms with van der Waals surface area (Å²) in [5.41, 5.74) is 0.790. The van der Waals surface area contributed by atoms with Crippen molar-refractivity contribution in [2.45, 2.75) is 6.92 Å². The quantitative estimate of drug-likeness (QED) is 0.530. The first-order chi connectivity index (χ1) is 9.61. The van der Waals surface area contributed by atoms with Crippen molar-refractivity contribution in [1.29, 1.82) is 0 Å². The molecule has 2 aromatic heterocycles. The normalized spacial score (nSPS) is 10.7. The molecule has 1 aromatic carbocycles. The van der Waals surface area contributed by atoms with Crippen molar-refractivity contribution < 1.29 is 13.5 Å². The molecule has 5 nitrogen and oxygen atoms in total. The third-order valence-corrected chi connectivity index (χ3v) is 2.75. The fraction of sp³-hybridized carbons (Fsp3) is 0.0714. The number of halogens is 1. The monoisotopic (exact) mass is 272 g/mol. The summed E-state index contributed by atoms with van der Waals surface area (Å²) in [6, 6.07) is 7.50. The molecular formula is C14H9FN2O3. The summed E-state index contributed by atoms with van der Waals surface area (Å²) < 4.78 is 23.4. The zero-order chi connectivity index (χ0) is 14.1. The maximum atomic E-state index is 12.9. The zero-order valence-corrected chi connectivity index (χ0v) is 10.5. The van der Waals surface area contributed by atoms with E-state index in [4.69, 9.17) is 9.15 Å². The van der Waals surface area contributed by atoms with Crippen LogP contribution in [0, 0.1) is 12.9 Å². The van der Waals surface area contributed by atoms with Gasteiger partial charge in [-0.05, 0) is 24.6 Å². The minimum Gasteiger partial charge on any atom is -0.439 e. The van der Waals surface area contributed by atoms with E-state index in [9.17, 15) is 9.18 Å². The van der Waals surface area contributed by atoms with Gasteiger partial charge in [-0.1, -0.05) is 0 Å². The van der Waals surface area contributed by atoms with Gasteiger partial charge >= 0.3 is 5.63 Å². The van der Waals surface area contributed by atoms with Gasteiger partial charge in [0.2, 0.25) is 11.8 Å². The average Bonchev–Trinajstić information content (AvgIpc) is 2.38. The van der Waals surface area contributed by atoms with E-state index in [-0.39, 0.29) is 5.88 Å². The second kappa shape index (κ2) is 4.73. The summed E-state index contributed by atoms with van der Waals surface area (Å²) in [7, 11) is 0. The topological polar surface area (TPSA) is 65.2 Å². The van der Waals surface area contributed by atoms with E-state index in [0.29, 0.717) is 11.3 Å². The van der Waals surface area contributed by atoms with E-state index < -0.39 is 11.6 Å². The van der Waals surface area contributed by atoms with E-state index >= 15 is 0 Å². The third kappa shape index (κ3) is 2.35. The predicted molar refractivity (Wildman–Crippen MR) is 69.3 cm³/mol. The molecule has 20 heavy (non-hydrogen) atoms. The third-order valence-electron chi connectivity index (χ3n) is 2.75. The van der Waals surface area contributed by atoms with Gasteiger partial charge in [0.05, 0.1) is 6.07 Å². The minimum absolute atomic E-state index is 0.0758. The number of rotatable bonds is 2. The Balaban J connectivity index is 2.03. The summed E-state index contributed by atoms with van der Waals surface area (Å²) in [4.78, 5) is 18.5. The average molecular weight is 272 g/mol. The number of nitrogens with zero attached hydrogens (tertiary/aromatic N) is 2. The largest absolute Gasteiger partial charge is 0.439 e. The SMILES string of the molecule is Cc1cc(=O)oc2cc(Oc3cc(F)ncn3)ccc12. The lowest BCUT2D eigenvalue weighted by Crippen LogP contribution is -1.98. The number of aromatic nitrogens is 2. The molecule has 0 aliphatic heterocycles. The predicted octanol–water partition coefficient (Wildman–Crippen LogP) is 2.82. The first-order valence-electron chi connectivity index (χ1n) is 5.82. The van der Waals surface area contributed by atoms with Crippen molar-refractivity contribution in [2.75, 3.05) is 0 Å². The number of hydrogen-bond acceptors (Lipinski definition) is 5. The lowest BCUT2D eigenvalue weighted by Gasteiger charge is -2.06. The van der Waals surface area contributed by atoms with E-state index in [1.165, 1.54) is 6.07 Å². The fourth-order valence-electron chi connectivity index (χ4n) is 1.86. The molecule has 0 unspecified atom stereocenters. The minimum atomic E-state index is -0.682. The molecule has 0 amide bonds. The van der Waals surface area contributed by atoms with Crippen LogP contribution >= 0.6 is 0 Å². The maximum Gasteiger partial charge on any atom is 0.336 e. The highest BCUT2D eigenvalue weighted by Crippen LogP contribution is 2.25. The summed E-state index contributed by atoms with van der Waals surface area (Å²) in [5.74, 6) is -0.214. The van der Waals surface area contributed by atoms with Crippen LogP contribution in [0.1, 0.15) is 5.56 Å². The highest BCUT2D eigenvalue weighted by atomic mass is 19.1. The van der Waals surface area contributed by atoms with Gasteiger partial charge in [-0.2, -0.15) is 4.39 Å². The molecule has 0 spiro atoms. The van der Waals surface area contributed by atoms with Crippen LogP contribution in [0.25, 0.3) is 11.0 Å². The number of fused-ring (bicyclic) bond motifs is 1. The fourth-order valence-corrected chi connectivity index (χ4v) is 1.86. The molecule has 100 valence electrons. The van der Waals surface area contributed by atoms with Crippen molar-refractivity contribution in [3.05, 3.63) is 58.6 Å². The molecule has 0 radical (unpaired) electrons. The zero-order valence-electron chi connectivity index (χ0n) is 10.5. The Bertz CT molecular complexity index is 845. The molecule has 0 N–H and O–H groups in total. The molecule has 2 heterocycles. The molecule has 0 aliphatic carbocycles. The van der Waals surface area contributed by atoms with Gasteiger partial charge in [-0.15, -0.1) is 0 Å². The second-order valence-corrected chi connectivity index (χ2v) is 4.19. The second-order valence-electron chi connectivity index (χ2n) is 4.19. The van der Waals surface area contributed by atoms with Crippen LogP contribution in [0.5, 0.6) is 11.6 Å². The summed E-state index contributed by atoms with van der Waals surface area (Å²) in [5, 5.41) is 0.811. The number of hydrogen-bond donors (Lipinski definition) is 0. The van der Waals surface area contributed by atoms with Crippen molar-refractivity contribution in [3.63, 3.8) is 0 Å². The van der Waals surface area contributed by atoms with Crippen LogP contribution in [-0.2, 0) is 0 Å². The molecule has 0 atom stereocenters. The van der Waals surface area contributed by atoms with Gasteiger partial charge in [0.1, 0.15) is 17.7 Å². The van der Waals surface area contributed by atoms with Gasteiger partial charge in [0, 0.05) is 17.5 Å². The number of benzene rings is 1. The van der Waals surface area contributed by atoms with Gasteiger partial charge in [-0.25, -0.2) is 14.8 Å². The van der Waals surface area contributed by atoms with Gasteiger partial charge in [0.25, 0.3) is 0 Å². The Kier molecular flexibility index (Phi) is 2.90. The smallest absolute Gasteiger partial charge is 0.336 e. The van der Waals surface area contributed by atoms with E-state index in [0.717, 1.165) is 23.3 Å². The highest BCUT2D eigenvalue weighted by Gasteiger charge is 2.06. The lowest BCUT2D eigenvalue weighted by molar-refractivity contribution is 0.449. The van der Waals surface area contributed by atoms with Crippen molar-refractivity contribution in [3.8, 4) is 11.6 Å². The molecule has 6 heteroatoms. The molecule has 0 bridgehead atoms. The number of ether oxygens (including phenoxy) is 1. The Morgan fingerprint density at radius 3 is 2.85 bits per heavy atom. The molecule has 3 aromatic rings. The standard InChI is InChI=1S/C14H9FN2O3/c1-8-4-14(18)20-11-5-9(2-3-10(8)11)19-13-6-12(15)16-7-17-13/h2-7H,1H3. The van der Waals surface area contributed by atoms with Gasteiger partial charge in [0.15, 0.2) is 0 Å². The van der Waals surface area contributed by atoms with Crippen LogP contribution in [0.3, 0.4) is 0 Å². The molecule has 0 fully saturated rings. The van der Waals surface area contributed by atoms with E-state index in [2.05, 4.69) is 9.97 Å². The maximum absolute atomic E-state index is 12.9. The summed E-state index contributed by atoms with van der Waals surface area (Å²) in [6.45, 7) is 1.82. The van der Waals surface area contributed by atoms with Crippen LogP contribution in [0.4, 0.5) is 4.39 Å². The van der Waals surface area contributed by atoms with Crippen LogP contribution < -0.4 is 10.4 Å². The molecular weight excluding hydrogens is 263 g/mol. The van der Waals surface area contributed by atoms with Crippen LogP contribution in [0.2, 0.25) is 0 Å². The molecule has 3 rings (SSSR count). The summed E-state index contributed by atoms with van der Waals surface area (Å²) >= 11 is 0. The van der Waals surface area contributed by atoms with Gasteiger partial charge in [-0.3, -0.25) is 0 Å². The molecule has 0 saturated carbocycles.